The summed E-state index contributed by atoms with van der Waals surface area (Å²) >= 11 is 0. The van der Waals surface area contributed by atoms with Gasteiger partial charge in [-0.3, -0.25) is 9.55 Å². The summed E-state index contributed by atoms with van der Waals surface area (Å²) in [6.45, 7) is 28.3. The molecule has 10 rings (SSSR count). The lowest BCUT2D eigenvalue weighted by atomic mass is 9.71. The van der Waals surface area contributed by atoms with Crippen LogP contribution in [0.5, 0.6) is 5.75 Å². The molecule has 0 unspecified atom stereocenters. The van der Waals surface area contributed by atoms with Crippen LogP contribution in [0.3, 0.4) is 0 Å². The number of hydrogen-bond donors (Lipinski definition) is 1. The van der Waals surface area contributed by atoms with E-state index in [1.807, 2.05) is 42.5 Å². The molecule has 1 aliphatic rings. The molecular weight excluding hydrogens is 935 g/mol. The number of benzene rings is 7. The van der Waals surface area contributed by atoms with E-state index >= 15 is 0 Å². The zero-order valence-electron chi connectivity index (χ0n) is 54.0. The fraction of sp³-hybridized carbons (Fsp3) is 0.342. The molecule has 4 heteroatoms. The van der Waals surface area contributed by atoms with E-state index in [9.17, 15) is 9.22 Å². The Morgan fingerprint density at radius 3 is 1.87 bits per heavy atom. The standard InChI is InChI=1S/C73H81N3O/c1-46-38-51(48-32-35-73(14,15)36-33-48)28-30-58(46)50-26-24-47(25-27-50)52-34-37-74-63(42-52)54-39-53(40-56(41-54)70(5,6)7)59-22-19-23-65-66(59)75-68(61-44-57(71(8,9)10)45-62(67(61)77)72(11,12)13)76(65)64-31-29-55(69(2,3)4)43-60(64)49-20-17-16-18-21-49/h16-31,34,37-45,48,77H,32-33,35-36H2,1-15H3/i1D3,34D,42D,48D. The molecule has 0 spiro atoms. The topological polar surface area (TPSA) is 50.9 Å². The van der Waals surface area contributed by atoms with Crippen molar-refractivity contribution in [1.82, 2.24) is 14.5 Å². The number of nitrogens with zero attached hydrogens (tertiary/aromatic N) is 3. The number of fused-ring (bicyclic) bond motifs is 1. The Bertz CT molecular complexity index is 3940. The van der Waals surface area contributed by atoms with E-state index in [0.717, 1.165) is 79.6 Å². The van der Waals surface area contributed by atoms with Crippen molar-refractivity contribution in [2.75, 3.05) is 0 Å². The van der Waals surface area contributed by atoms with Crippen molar-refractivity contribution >= 4 is 11.0 Å². The lowest BCUT2D eigenvalue weighted by molar-refractivity contribution is 0.224. The third kappa shape index (κ3) is 10.8. The first-order valence-corrected chi connectivity index (χ1v) is 27.6. The molecule has 1 fully saturated rings. The number of hydrogen-bond acceptors (Lipinski definition) is 3. The molecule has 394 valence electrons. The molecule has 1 saturated carbocycles. The SMILES string of the molecule is [2H]c1cnc(-c2cc(-c3cccc4c3nc(-c3cc(C(C)(C)C)cc(C(C)(C)C)c3O)n4-c3ccc(C(C)(C)C)cc3-c3ccccc3)cc(C(C)(C)C)c2)c([2H])c1-c1ccc(-c2ccc(C3([2H])CCC(C)(C)CC3)cc2C([2H])([2H])[2H])cc1. The largest absolute Gasteiger partial charge is 0.507 e. The molecule has 0 aliphatic heterocycles. The summed E-state index contributed by atoms with van der Waals surface area (Å²) in [5.41, 5.74) is 14.7. The lowest BCUT2D eigenvalue weighted by Crippen LogP contribution is -2.20. The van der Waals surface area contributed by atoms with Crippen LogP contribution in [0.25, 0.3) is 83.9 Å². The zero-order valence-corrected chi connectivity index (χ0v) is 48.0. The van der Waals surface area contributed by atoms with E-state index in [1.165, 1.54) is 11.8 Å². The molecule has 4 nitrogen and oxygen atoms in total. The van der Waals surface area contributed by atoms with E-state index in [4.69, 9.17) is 14.1 Å². The Labute approximate surface area is 469 Å². The normalized spacial score (nSPS) is 16.3. The number of aromatic hydroxyl groups is 1. The molecule has 2 heterocycles. The Morgan fingerprint density at radius 2 is 1.21 bits per heavy atom. The van der Waals surface area contributed by atoms with Crippen LogP contribution < -0.4 is 0 Å². The van der Waals surface area contributed by atoms with Crippen LogP contribution in [-0.2, 0) is 21.7 Å². The highest BCUT2D eigenvalue weighted by Gasteiger charge is 2.31. The van der Waals surface area contributed by atoms with Crippen LogP contribution in [0, 0.1) is 12.3 Å². The molecule has 1 N–H and O–H groups in total. The van der Waals surface area contributed by atoms with Crippen molar-refractivity contribution in [1.29, 1.82) is 0 Å². The number of phenolic OH excluding ortho intramolecular Hbond substituents is 1. The van der Waals surface area contributed by atoms with Gasteiger partial charge in [-0.15, -0.1) is 0 Å². The molecule has 1 aliphatic carbocycles. The van der Waals surface area contributed by atoms with Gasteiger partial charge in [-0.1, -0.05) is 200 Å². The van der Waals surface area contributed by atoms with Gasteiger partial charge in [-0.05, 0) is 175 Å². The van der Waals surface area contributed by atoms with Gasteiger partial charge in [0.05, 0.1) is 30.7 Å². The van der Waals surface area contributed by atoms with E-state index in [1.54, 1.807) is 6.07 Å². The summed E-state index contributed by atoms with van der Waals surface area (Å²) < 4.78 is 56.5. The van der Waals surface area contributed by atoms with Gasteiger partial charge in [-0.25, -0.2) is 4.98 Å². The number of aromatic nitrogens is 3. The fourth-order valence-electron chi connectivity index (χ4n) is 11.0. The van der Waals surface area contributed by atoms with Gasteiger partial charge in [0.15, 0.2) is 0 Å². The van der Waals surface area contributed by atoms with Crippen molar-refractivity contribution in [3.8, 4) is 78.6 Å². The van der Waals surface area contributed by atoms with Crippen molar-refractivity contribution < 1.29 is 13.3 Å². The first-order valence-electron chi connectivity index (χ1n) is 30.6. The molecule has 7 aromatic carbocycles. The van der Waals surface area contributed by atoms with E-state index in [2.05, 4.69) is 192 Å². The van der Waals surface area contributed by atoms with Crippen LogP contribution in [-0.4, -0.2) is 19.6 Å². The van der Waals surface area contributed by atoms with Crippen LogP contribution >= 0.6 is 0 Å². The van der Waals surface area contributed by atoms with Crippen molar-refractivity contribution in [2.24, 2.45) is 5.41 Å². The number of pyridine rings is 1. The van der Waals surface area contributed by atoms with Gasteiger partial charge in [0.1, 0.15) is 11.6 Å². The molecule has 9 aromatic rings. The molecule has 0 saturated heterocycles. The Balaban J connectivity index is 1.15. The maximum Gasteiger partial charge on any atom is 0.149 e. The van der Waals surface area contributed by atoms with Gasteiger partial charge >= 0.3 is 0 Å². The minimum absolute atomic E-state index is 0.101. The average Bonchev–Trinajstić information content (AvgIpc) is 1.95. The highest BCUT2D eigenvalue weighted by molar-refractivity contribution is 5.98. The molecule has 2 aromatic heterocycles. The van der Waals surface area contributed by atoms with Crippen LogP contribution in [0.2, 0.25) is 0 Å². The van der Waals surface area contributed by atoms with E-state index < -0.39 is 12.7 Å². The minimum atomic E-state index is -2.41. The van der Waals surface area contributed by atoms with Crippen molar-refractivity contribution in [3.63, 3.8) is 0 Å². The minimum Gasteiger partial charge on any atom is -0.507 e. The number of aryl methyl sites for hydroxylation is 1. The fourth-order valence-corrected chi connectivity index (χ4v) is 11.0. The Hall–Kier alpha value is -7.04. The summed E-state index contributed by atoms with van der Waals surface area (Å²) in [5, 5.41) is 12.7. The molecule has 77 heavy (non-hydrogen) atoms. The second-order valence-corrected chi connectivity index (χ2v) is 26.6. The van der Waals surface area contributed by atoms with Gasteiger partial charge in [-0.2, -0.15) is 0 Å². The maximum absolute atomic E-state index is 12.7. The summed E-state index contributed by atoms with van der Waals surface area (Å²) in [4.78, 5) is 10.5. The van der Waals surface area contributed by atoms with E-state index in [-0.39, 0.29) is 50.5 Å². The van der Waals surface area contributed by atoms with Gasteiger partial charge < -0.3 is 5.11 Å². The molecule has 0 atom stereocenters. The van der Waals surface area contributed by atoms with Gasteiger partial charge in [0.25, 0.3) is 0 Å². The van der Waals surface area contributed by atoms with Gasteiger partial charge in [0, 0.05) is 33.9 Å². The van der Waals surface area contributed by atoms with Crippen LogP contribution in [0.1, 0.15) is 170 Å². The number of phenols is 1. The monoisotopic (exact) mass is 1020 g/mol. The zero-order chi connectivity index (χ0) is 60.1. The molecular formula is C73H81N3O. The third-order valence-corrected chi connectivity index (χ3v) is 16.0. The smallest absolute Gasteiger partial charge is 0.149 e. The Morgan fingerprint density at radius 1 is 0.571 bits per heavy atom. The van der Waals surface area contributed by atoms with Crippen LogP contribution in [0.4, 0.5) is 0 Å². The highest BCUT2D eigenvalue weighted by atomic mass is 16.3. The van der Waals surface area contributed by atoms with Gasteiger partial charge in [0.2, 0.25) is 0 Å². The summed E-state index contributed by atoms with van der Waals surface area (Å²) in [5.74, 6) is -0.0315. The van der Waals surface area contributed by atoms with E-state index in [0.29, 0.717) is 52.2 Å². The third-order valence-electron chi connectivity index (χ3n) is 16.0. The number of para-hydroxylation sites is 1. The second kappa shape index (κ2) is 19.8. The average molecular weight is 1020 g/mol. The highest BCUT2D eigenvalue weighted by Crippen LogP contribution is 2.47. The Kier molecular flexibility index (Phi) is 11.8. The number of rotatable bonds is 8. The maximum atomic E-state index is 12.7. The summed E-state index contributed by atoms with van der Waals surface area (Å²) in [6, 6.07) is 47.3. The molecule has 0 amide bonds. The second-order valence-electron chi connectivity index (χ2n) is 26.6. The molecule has 0 bridgehead atoms. The predicted molar refractivity (Wildman–Crippen MR) is 328 cm³/mol. The number of imidazole rings is 1. The lowest BCUT2D eigenvalue weighted by Gasteiger charge is -2.34. The predicted octanol–water partition coefficient (Wildman–Crippen LogP) is 20.3. The summed E-state index contributed by atoms with van der Waals surface area (Å²) in [6.07, 6.45) is 4.69. The van der Waals surface area contributed by atoms with Crippen molar-refractivity contribution in [3.05, 3.63) is 191 Å². The first kappa shape index (κ1) is 46.1. The van der Waals surface area contributed by atoms with Crippen molar-refractivity contribution in [2.45, 2.75) is 157 Å². The quantitative estimate of drug-likeness (QED) is 0.165. The summed E-state index contributed by atoms with van der Waals surface area (Å²) in [7, 11) is 0. The van der Waals surface area contributed by atoms with Crippen LogP contribution in [0.15, 0.2) is 158 Å². The first-order chi connectivity index (χ1) is 38.6. The molecule has 0 radical (unpaired) electrons.